The number of nitro benzene ring substituents is 1. The normalized spacial score (nSPS) is 15.3. The van der Waals surface area contributed by atoms with Crippen molar-refractivity contribution in [1.29, 1.82) is 0 Å². The first-order valence-electron chi connectivity index (χ1n) is 11.3. The SMILES string of the molecule is O=[N+]([O-])c1cccc(NN=Cc2ccc(N3N=C(c4ccccc4)CC3c3ccccc3)cc2)c1. The van der Waals surface area contributed by atoms with Crippen LogP contribution in [0.2, 0.25) is 0 Å². The zero-order valence-electron chi connectivity index (χ0n) is 18.9. The molecule has 1 atom stereocenters. The molecule has 1 heterocycles. The minimum atomic E-state index is -0.430. The van der Waals surface area contributed by atoms with Gasteiger partial charge in [-0.2, -0.15) is 10.2 Å². The van der Waals surface area contributed by atoms with Gasteiger partial charge in [-0.1, -0.05) is 78.9 Å². The average Bonchev–Trinajstić information content (AvgIpc) is 3.36. The summed E-state index contributed by atoms with van der Waals surface area (Å²) >= 11 is 0. The van der Waals surface area contributed by atoms with Gasteiger partial charge in [-0.25, -0.2) is 0 Å². The molecule has 0 fully saturated rings. The van der Waals surface area contributed by atoms with Crippen LogP contribution in [-0.4, -0.2) is 16.8 Å². The van der Waals surface area contributed by atoms with Gasteiger partial charge in [-0.15, -0.1) is 0 Å². The van der Waals surface area contributed by atoms with Gasteiger partial charge in [0.2, 0.25) is 0 Å². The molecule has 1 unspecified atom stereocenters. The van der Waals surface area contributed by atoms with E-state index in [2.05, 4.69) is 51.9 Å². The van der Waals surface area contributed by atoms with Gasteiger partial charge in [0.15, 0.2) is 0 Å². The highest BCUT2D eigenvalue weighted by atomic mass is 16.6. The summed E-state index contributed by atoms with van der Waals surface area (Å²) in [4.78, 5) is 10.5. The summed E-state index contributed by atoms with van der Waals surface area (Å²) in [6, 6.07) is 35.1. The lowest BCUT2D eigenvalue weighted by molar-refractivity contribution is -0.384. The molecule has 0 amide bonds. The quantitative estimate of drug-likeness (QED) is 0.196. The zero-order chi connectivity index (χ0) is 24.0. The molecule has 0 bridgehead atoms. The van der Waals surface area contributed by atoms with Crippen molar-refractivity contribution in [1.82, 2.24) is 0 Å². The molecule has 0 aliphatic carbocycles. The lowest BCUT2D eigenvalue weighted by Gasteiger charge is -2.24. The third-order valence-corrected chi connectivity index (χ3v) is 5.82. The second-order valence-electron chi connectivity index (χ2n) is 8.16. The zero-order valence-corrected chi connectivity index (χ0v) is 18.9. The molecule has 1 N–H and O–H groups in total. The van der Waals surface area contributed by atoms with Gasteiger partial charge in [0.05, 0.1) is 34.3 Å². The van der Waals surface area contributed by atoms with Gasteiger partial charge in [0.25, 0.3) is 5.69 Å². The number of nitrogens with zero attached hydrogens (tertiary/aromatic N) is 4. The van der Waals surface area contributed by atoms with Crippen LogP contribution in [0.4, 0.5) is 17.1 Å². The third kappa shape index (κ3) is 5.09. The van der Waals surface area contributed by atoms with Crippen LogP contribution in [0.1, 0.15) is 29.2 Å². The van der Waals surface area contributed by atoms with E-state index in [1.165, 1.54) is 17.7 Å². The maximum Gasteiger partial charge on any atom is 0.271 e. The van der Waals surface area contributed by atoms with Crippen LogP contribution in [0, 0.1) is 10.1 Å². The summed E-state index contributed by atoms with van der Waals surface area (Å²) in [7, 11) is 0. The summed E-state index contributed by atoms with van der Waals surface area (Å²) in [5, 5.41) is 22.2. The van der Waals surface area contributed by atoms with E-state index < -0.39 is 4.92 Å². The molecular weight excluding hydrogens is 438 g/mol. The molecule has 0 aromatic heterocycles. The molecule has 1 aliphatic rings. The van der Waals surface area contributed by atoms with E-state index in [0.29, 0.717) is 5.69 Å². The van der Waals surface area contributed by atoms with E-state index in [1.54, 1.807) is 18.3 Å². The second kappa shape index (κ2) is 10.0. The summed E-state index contributed by atoms with van der Waals surface area (Å²) in [6.07, 6.45) is 2.50. The predicted molar refractivity (Wildman–Crippen MR) is 140 cm³/mol. The molecule has 0 spiro atoms. The van der Waals surface area contributed by atoms with Crippen LogP contribution in [0.5, 0.6) is 0 Å². The number of benzene rings is 4. The number of anilines is 2. The fraction of sp³-hybridized carbons (Fsp3) is 0.0714. The Kier molecular flexibility index (Phi) is 6.30. The number of nitrogens with one attached hydrogen (secondary N) is 1. The van der Waals surface area contributed by atoms with E-state index in [-0.39, 0.29) is 11.7 Å². The smallest absolute Gasteiger partial charge is 0.271 e. The summed E-state index contributed by atoms with van der Waals surface area (Å²) < 4.78 is 0. The Morgan fingerprint density at radius 1 is 0.914 bits per heavy atom. The van der Waals surface area contributed by atoms with Crippen molar-refractivity contribution < 1.29 is 4.92 Å². The van der Waals surface area contributed by atoms with Crippen molar-refractivity contribution in [2.24, 2.45) is 10.2 Å². The van der Waals surface area contributed by atoms with Gasteiger partial charge in [0.1, 0.15) is 0 Å². The molecule has 0 saturated carbocycles. The second-order valence-corrected chi connectivity index (χ2v) is 8.16. The van der Waals surface area contributed by atoms with Crippen molar-refractivity contribution >= 4 is 29.0 Å². The predicted octanol–water partition coefficient (Wildman–Crippen LogP) is 6.40. The van der Waals surface area contributed by atoms with Crippen molar-refractivity contribution in [3.05, 3.63) is 136 Å². The first-order chi connectivity index (χ1) is 17.2. The Bertz CT molecular complexity index is 1370. The fourth-order valence-corrected chi connectivity index (χ4v) is 4.07. The standard InChI is InChI=1S/C28H23N5O2/c34-33(35)26-13-7-12-24(18-26)30-29-20-21-14-16-25(17-15-21)32-28(23-10-5-2-6-11-23)19-27(31-32)22-8-3-1-4-9-22/h1-18,20,28,30H,19H2. The number of hydrogen-bond donors (Lipinski definition) is 1. The fourth-order valence-electron chi connectivity index (χ4n) is 4.07. The van der Waals surface area contributed by atoms with Crippen LogP contribution in [0.3, 0.4) is 0 Å². The Balaban J connectivity index is 1.35. The Morgan fingerprint density at radius 2 is 1.63 bits per heavy atom. The number of rotatable bonds is 7. The maximum absolute atomic E-state index is 10.9. The molecule has 5 rings (SSSR count). The highest BCUT2D eigenvalue weighted by molar-refractivity contribution is 6.03. The minimum absolute atomic E-state index is 0.0172. The maximum atomic E-state index is 10.9. The summed E-state index contributed by atoms with van der Waals surface area (Å²) in [5.41, 5.74) is 8.71. The molecule has 4 aromatic rings. The van der Waals surface area contributed by atoms with E-state index in [1.807, 2.05) is 48.5 Å². The number of hydrogen-bond acceptors (Lipinski definition) is 6. The molecular formula is C28H23N5O2. The highest BCUT2D eigenvalue weighted by Crippen LogP contribution is 2.36. The largest absolute Gasteiger partial charge is 0.278 e. The number of hydrazone groups is 2. The average molecular weight is 462 g/mol. The van der Waals surface area contributed by atoms with Crippen molar-refractivity contribution in [2.45, 2.75) is 12.5 Å². The molecule has 1 aliphatic heterocycles. The van der Waals surface area contributed by atoms with Crippen LogP contribution in [0.25, 0.3) is 0 Å². The molecule has 4 aromatic carbocycles. The van der Waals surface area contributed by atoms with Crippen molar-refractivity contribution in [3.63, 3.8) is 0 Å². The summed E-state index contributed by atoms with van der Waals surface area (Å²) in [6.45, 7) is 0. The lowest BCUT2D eigenvalue weighted by Crippen LogP contribution is -2.18. The first-order valence-corrected chi connectivity index (χ1v) is 11.3. The topological polar surface area (TPSA) is 83.1 Å². The van der Waals surface area contributed by atoms with Gasteiger partial charge in [-0.05, 0) is 34.9 Å². The number of non-ortho nitro benzene ring substituents is 1. The molecule has 172 valence electrons. The van der Waals surface area contributed by atoms with Crippen LogP contribution in [-0.2, 0) is 0 Å². The van der Waals surface area contributed by atoms with E-state index in [9.17, 15) is 10.1 Å². The minimum Gasteiger partial charge on any atom is -0.278 e. The Morgan fingerprint density at radius 3 is 2.34 bits per heavy atom. The van der Waals surface area contributed by atoms with Crippen molar-refractivity contribution in [3.8, 4) is 0 Å². The number of nitro groups is 1. The van der Waals surface area contributed by atoms with Gasteiger partial charge >= 0.3 is 0 Å². The molecule has 7 nitrogen and oxygen atoms in total. The highest BCUT2D eigenvalue weighted by Gasteiger charge is 2.29. The first kappa shape index (κ1) is 22.0. The monoisotopic (exact) mass is 461 g/mol. The summed E-state index contributed by atoms with van der Waals surface area (Å²) in [5.74, 6) is 0. The van der Waals surface area contributed by atoms with Gasteiger partial charge in [-0.3, -0.25) is 20.5 Å². The van der Waals surface area contributed by atoms with Gasteiger partial charge < -0.3 is 0 Å². The lowest BCUT2D eigenvalue weighted by atomic mass is 9.98. The molecule has 7 heteroatoms. The van der Waals surface area contributed by atoms with Crippen LogP contribution >= 0.6 is 0 Å². The van der Waals surface area contributed by atoms with Crippen molar-refractivity contribution in [2.75, 3.05) is 10.4 Å². The van der Waals surface area contributed by atoms with Crippen LogP contribution < -0.4 is 10.4 Å². The van der Waals surface area contributed by atoms with E-state index in [4.69, 9.17) is 5.10 Å². The molecule has 35 heavy (non-hydrogen) atoms. The van der Waals surface area contributed by atoms with Gasteiger partial charge in [0, 0.05) is 18.6 Å². The van der Waals surface area contributed by atoms with E-state index in [0.717, 1.165) is 28.9 Å². The Hall–Kier alpha value is -4.78. The molecule has 0 radical (unpaired) electrons. The molecule has 0 saturated heterocycles. The van der Waals surface area contributed by atoms with E-state index >= 15 is 0 Å². The third-order valence-electron chi connectivity index (χ3n) is 5.82. The van der Waals surface area contributed by atoms with Crippen LogP contribution in [0.15, 0.2) is 119 Å². The Labute approximate surface area is 203 Å².